The first-order chi connectivity index (χ1) is 14.8. The fraction of sp³-hybridized carbons (Fsp3) is 0.600. The molecule has 11 nitrogen and oxygen atoms in total. The van der Waals surface area contributed by atoms with Crippen molar-refractivity contribution in [3.63, 3.8) is 0 Å². The summed E-state index contributed by atoms with van der Waals surface area (Å²) in [6.07, 6.45) is 2.56. The van der Waals surface area contributed by atoms with Gasteiger partial charge in [0.1, 0.15) is 23.4 Å². The molecule has 11 heteroatoms. The number of carbonyl (C=O) groups is 4. The Bertz CT molecular complexity index is 736. The van der Waals surface area contributed by atoms with E-state index >= 15 is 0 Å². The predicted molar refractivity (Wildman–Crippen MR) is 101 cm³/mol. The van der Waals surface area contributed by atoms with Crippen LogP contribution in [0.2, 0.25) is 0 Å². The van der Waals surface area contributed by atoms with Gasteiger partial charge in [-0.2, -0.15) is 0 Å². The molecule has 1 fully saturated rings. The van der Waals surface area contributed by atoms with Crippen LogP contribution < -0.4 is 0 Å². The van der Waals surface area contributed by atoms with Crippen molar-refractivity contribution in [3.8, 4) is 0 Å². The number of fused-ring (bicyclic) bond motifs is 1. The Kier molecular flexibility index (Phi) is 8.03. The van der Waals surface area contributed by atoms with Crippen LogP contribution in [0.1, 0.15) is 12.8 Å². The van der Waals surface area contributed by atoms with Gasteiger partial charge in [0.2, 0.25) is 0 Å². The Morgan fingerprint density at radius 1 is 0.710 bits per heavy atom. The third kappa shape index (κ3) is 4.36. The number of hydrogen-bond acceptors (Lipinski definition) is 11. The second-order valence-corrected chi connectivity index (χ2v) is 6.95. The summed E-state index contributed by atoms with van der Waals surface area (Å²) in [7, 11) is 4.18. The standard InChI is InChI=1S/C16H18O10.C4H8O/c1-23-13(19)7-5-6(9(11(7)17)15(21)25-3)10(16(22)26-4)12(18)8(5)14(20)24-2;1-2-4-5-3-1/h5-7,10,17-18H,1-4H3;1-4H2/t5-,6+,7+,10+;/m1./s1. The summed E-state index contributed by atoms with van der Waals surface area (Å²) in [5.74, 6) is -10.8. The van der Waals surface area contributed by atoms with Gasteiger partial charge in [-0.15, -0.1) is 0 Å². The van der Waals surface area contributed by atoms with Gasteiger partial charge in [0.05, 0.1) is 39.6 Å². The summed E-state index contributed by atoms with van der Waals surface area (Å²) >= 11 is 0. The quantitative estimate of drug-likeness (QED) is 0.464. The van der Waals surface area contributed by atoms with Crippen molar-refractivity contribution < 1.29 is 53.1 Å². The third-order valence-electron chi connectivity index (χ3n) is 5.46. The topological polar surface area (TPSA) is 155 Å². The predicted octanol–water partition coefficient (Wildman–Crippen LogP) is 0.591. The monoisotopic (exact) mass is 442 g/mol. The molecule has 0 radical (unpaired) electrons. The lowest BCUT2D eigenvalue weighted by molar-refractivity contribution is -0.150. The van der Waals surface area contributed by atoms with Gasteiger partial charge in [-0.05, 0) is 12.8 Å². The van der Waals surface area contributed by atoms with Crippen molar-refractivity contribution in [2.24, 2.45) is 23.7 Å². The Morgan fingerprint density at radius 2 is 1.06 bits per heavy atom. The van der Waals surface area contributed by atoms with Crippen LogP contribution in [-0.4, -0.2) is 75.7 Å². The van der Waals surface area contributed by atoms with Crippen LogP contribution in [0.15, 0.2) is 22.7 Å². The van der Waals surface area contributed by atoms with E-state index in [1.165, 1.54) is 12.8 Å². The van der Waals surface area contributed by atoms with Gasteiger partial charge < -0.3 is 33.9 Å². The minimum absolute atomic E-state index is 0.409. The van der Waals surface area contributed by atoms with Crippen LogP contribution in [0, 0.1) is 23.7 Å². The highest BCUT2D eigenvalue weighted by Gasteiger charge is 2.63. The normalized spacial score (nSPS) is 26.6. The SMILES string of the molecule is C1CCOC1.COC(=O)C1=C(O)[C@@H](C(=O)OC)[C@@H]2C(C(=O)OC)=C(O)[C@@H](C(=O)OC)[C@H]12. The van der Waals surface area contributed by atoms with Gasteiger partial charge in [0, 0.05) is 25.0 Å². The van der Waals surface area contributed by atoms with E-state index in [0.29, 0.717) is 0 Å². The van der Waals surface area contributed by atoms with E-state index < -0.39 is 70.2 Å². The molecule has 2 aliphatic carbocycles. The summed E-state index contributed by atoms with van der Waals surface area (Å²) in [5, 5.41) is 20.9. The molecule has 3 aliphatic rings. The molecule has 0 unspecified atom stereocenters. The molecule has 0 amide bonds. The zero-order chi connectivity index (χ0) is 23.3. The average molecular weight is 442 g/mol. The van der Waals surface area contributed by atoms with E-state index in [1.807, 2.05) is 0 Å². The van der Waals surface area contributed by atoms with Crippen LogP contribution in [-0.2, 0) is 42.9 Å². The van der Waals surface area contributed by atoms with Gasteiger partial charge in [-0.25, -0.2) is 9.59 Å². The Labute approximate surface area is 178 Å². The molecule has 31 heavy (non-hydrogen) atoms. The van der Waals surface area contributed by atoms with E-state index in [1.54, 1.807) is 0 Å². The molecular weight excluding hydrogens is 416 g/mol. The smallest absolute Gasteiger partial charge is 0.337 e. The minimum Gasteiger partial charge on any atom is -0.511 e. The first-order valence-electron chi connectivity index (χ1n) is 9.52. The first-order valence-corrected chi connectivity index (χ1v) is 9.52. The number of aliphatic hydroxyl groups is 2. The number of ether oxygens (including phenoxy) is 5. The van der Waals surface area contributed by atoms with E-state index in [9.17, 15) is 29.4 Å². The van der Waals surface area contributed by atoms with Crippen LogP contribution in [0.5, 0.6) is 0 Å². The summed E-state index contributed by atoms with van der Waals surface area (Å²) < 4.78 is 23.4. The first kappa shape index (κ1) is 24.2. The van der Waals surface area contributed by atoms with Crippen molar-refractivity contribution >= 4 is 23.9 Å². The van der Waals surface area contributed by atoms with Crippen LogP contribution in [0.25, 0.3) is 0 Å². The van der Waals surface area contributed by atoms with Crippen molar-refractivity contribution in [3.05, 3.63) is 22.7 Å². The molecule has 1 heterocycles. The molecule has 1 aliphatic heterocycles. The van der Waals surface area contributed by atoms with Gasteiger partial charge in [-0.3, -0.25) is 9.59 Å². The maximum absolute atomic E-state index is 12.2. The summed E-state index contributed by atoms with van der Waals surface area (Å²) in [5.41, 5.74) is -0.817. The molecule has 172 valence electrons. The highest BCUT2D eigenvalue weighted by atomic mass is 16.5. The van der Waals surface area contributed by atoms with Gasteiger partial charge in [-0.1, -0.05) is 0 Å². The molecule has 0 saturated carbocycles. The number of aliphatic hydroxyl groups excluding tert-OH is 2. The summed E-state index contributed by atoms with van der Waals surface area (Å²) in [6.45, 7) is 2.00. The fourth-order valence-electron chi connectivity index (χ4n) is 4.11. The lowest BCUT2D eigenvalue weighted by atomic mass is 9.81. The van der Waals surface area contributed by atoms with Crippen molar-refractivity contribution in [1.82, 2.24) is 0 Å². The minimum atomic E-state index is -1.50. The fourth-order valence-corrected chi connectivity index (χ4v) is 4.11. The Balaban J connectivity index is 0.000000597. The largest absolute Gasteiger partial charge is 0.511 e. The molecule has 0 aromatic rings. The van der Waals surface area contributed by atoms with Gasteiger partial charge >= 0.3 is 23.9 Å². The zero-order valence-electron chi connectivity index (χ0n) is 17.7. The number of methoxy groups -OCH3 is 4. The van der Waals surface area contributed by atoms with Crippen LogP contribution >= 0.6 is 0 Å². The van der Waals surface area contributed by atoms with E-state index in [4.69, 9.17) is 4.74 Å². The average Bonchev–Trinajstić information content (AvgIpc) is 3.49. The molecule has 3 rings (SSSR count). The van der Waals surface area contributed by atoms with E-state index in [2.05, 4.69) is 18.9 Å². The van der Waals surface area contributed by atoms with Gasteiger partial charge in [0.15, 0.2) is 0 Å². The molecule has 2 N–H and O–H groups in total. The summed E-state index contributed by atoms with van der Waals surface area (Å²) in [6, 6.07) is 0. The van der Waals surface area contributed by atoms with E-state index in [0.717, 1.165) is 41.7 Å². The lowest BCUT2D eigenvalue weighted by Crippen LogP contribution is -2.32. The highest BCUT2D eigenvalue weighted by Crippen LogP contribution is 2.56. The number of rotatable bonds is 4. The lowest BCUT2D eigenvalue weighted by Gasteiger charge is -2.21. The Morgan fingerprint density at radius 3 is 1.29 bits per heavy atom. The van der Waals surface area contributed by atoms with Crippen LogP contribution in [0.4, 0.5) is 0 Å². The number of carbonyl (C=O) groups excluding carboxylic acids is 4. The second-order valence-electron chi connectivity index (χ2n) is 6.95. The molecule has 0 spiro atoms. The molecule has 0 bridgehead atoms. The summed E-state index contributed by atoms with van der Waals surface area (Å²) in [4.78, 5) is 48.7. The van der Waals surface area contributed by atoms with E-state index in [-0.39, 0.29) is 0 Å². The zero-order valence-corrected chi connectivity index (χ0v) is 17.7. The molecular formula is C20H26O11. The second kappa shape index (κ2) is 10.3. The Hall–Kier alpha value is -3.08. The molecule has 4 atom stereocenters. The maximum Gasteiger partial charge on any atom is 0.337 e. The number of hydrogen-bond donors (Lipinski definition) is 2. The van der Waals surface area contributed by atoms with Gasteiger partial charge in [0.25, 0.3) is 0 Å². The van der Waals surface area contributed by atoms with Crippen molar-refractivity contribution in [2.75, 3.05) is 41.7 Å². The molecule has 0 aromatic carbocycles. The van der Waals surface area contributed by atoms with Crippen molar-refractivity contribution in [2.45, 2.75) is 12.8 Å². The third-order valence-corrected chi connectivity index (χ3v) is 5.46. The van der Waals surface area contributed by atoms with Crippen LogP contribution in [0.3, 0.4) is 0 Å². The molecule has 1 saturated heterocycles. The maximum atomic E-state index is 12.2. The number of esters is 4. The molecule has 0 aromatic heterocycles. The highest BCUT2D eigenvalue weighted by molar-refractivity contribution is 6.00. The van der Waals surface area contributed by atoms with Crippen molar-refractivity contribution in [1.29, 1.82) is 0 Å².